The number of fused-ring (bicyclic) bond motifs is 1. The van der Waals surface area contributed by atoms with Crippen LogP contribution < -0.4 is 0 Å². The van der Waals surface area contributed by atoms with Gasteiger partial charge < -0.3 is 9.67 Å². The second-order valence-electron chi connectivity index (χ2n) is 4.95. The number of aryl methyl sites for hydroxylation is 3. The monoisotopic (exact) mass is 281 g/mol. The minimum atomic E-state index is -0.930. The molecular formula is C16H15N3O2. The van der Waals surface area contributed by atoms with Crippen molar-refractivity contribution in [2.75, 3.05) is 0 Å². The first kappa shape index (κ1) is 13.3. The topological polar surface area (TPSA) is 68.0 Å². The SMILES string of the molecule is Cn1c(CCc2ccncc2)nc2cc(C(=O)O)ccc21. The van der Waals surface area contributed by atoms with Gasteiger partial charge in [0.25, 0.3) is 0 Å². The summed E-state index contributed by atoms with van der Waals surface area (Å²) >= 11 is 0. The Morgan fingerprint density at radius 2 is 1.95 bits per heavy atom. The number of aromatic nitrogens is 3. The molecule has 3 rings (SSSR count). The van der Waals surface area contributed by atoms with E-state index in [1.807, 2.05) is 29.8 Å². The minimum absolute atomic E-state index is 0.265. The van der Waals surface area contributed by atoms with Crippen LogP contribution in [0.3, 0.4) is 0 Å². The van der Waals surface area contributed by atoms with Crippen LogP contribution in [0.2, 0.25) is 0 Å². The molecule has 0 saturated heterocycles. The van der Waals surface area contributed by atoms with Gasteiger partial charge in [-0.25, -0.2) is 9.78 Å². The van der Waals surface area contributed by atoms with Crippen LogP contribution in [-0.4, -0.2) is 25.6 Å². The highest BCUT2D eigenvalue weighted by molar-refractivity contribution is 5.92. The highest BCUT2D eigenvalue weighted by Gasteiger charge is 2.10. The number of nitrogens with zero attached hydrogens (tertiary/aromatic N) is 3. The molecule has 0 aliphatic carbocycles. The summed E-state index contributed by atoms with van der Waals surface area (Å²) in [6.45, 7) is 0. The maximum absolute atomic E-state index is 11.0. The summed E-state index contributed by atoms with van der Waals surface area (Å²) in [7, 11) is 1.96. The Labute approximate surface area is 121 Å². The van der Waals surface area contributed by atoms with E-state index in [0.717, 1.165) is 29.7 Å². The maximum Gasteiger partial charge on any atom is 0.335 e. The van der Waals surface area contributed by atoms with Gasteiger partial charge in [-0.05, 0) is 42.3 Å². The number of benzene rings is 1. The van der Waals surface area contributed by atoms with Gasteiger partial charge in [0.2, 0.25) is 0 Å². The fraction of sp³-hybridized carbons (Fsp3) is 0.188. The van der Waals surface area contributed by atoms with Gasteiger partial charge in [-0.15, -0.1) is 0 Å². The van der Waals surface area contributed by atoms with Gasteiger partial charge >= 0.3 is 5.97 Å². The van der Waals surface area contributed by atoms with Crippen molar-refractivity contribution < 1.29 is 9.90 Å². The van der Waals surface area contributed by atoms with Crippen molar-refractivity contribution in [1.29, 1.82) is 0 Å². The summed E-state index contributed by atoms with van der Waals surface area (Å²) in [5, 5.41) is 9.03. The van der Waals surface area contributed by atoms with Gasteiger partial charge in [0.1, 0.15) is 5.82 Å². The molecular weight excluding hydrogens is 266 g/mol. The number of carbonyl (C=O) groups is 1. The zero-order valence-corrected chi connectivity index (χ0v) is 11.7. The minimum Gasteiger partial charge on any atom is -0.478 e. The number of pyridine rings is 1. The molecule has 5 heteroatoms. The molecule has 1 aromatic carbocycles. The first-order valence-corrected chi connectivity index (χ1v) is 6.72. The number of aromatic carboxylic acids is 1. The van der Waals surface area contributed by atoms with E-state index >= 15 is 0 Å². The van der Waals surface area contributed by atoms with E-state index in [1.165, 1.54) is 5.56 Å². The van der Waals surface area contributed by atoms with Gasteiger partial charge in [0.05, 0.1) is 16.6 Å². The highest BCUT2D eigenvalue weighted by Crippen LogP contribution is 2.18. The lowest BCUT2D eigenvalue weighted by atomic mass is 10.1. The summed E-state index contributed by atoms with van der Waals surface area (Å²) in [6.07, 6.45) is 5.25. The van der Waals surface area contributed by atoms with Crippen molar-refractivity contribution in [1.82, 2.24) is 14.5 Å². The van der Waals surface area contributed by atoms with Crippen molar-refractivity contribution >= 4 is 17.0 Å². The molecule has 0 aliphatic rings. The van der Waals surface area contributed by atoms with Crippen LogP contribution in [0.1, 0.15) is 21.7 Å². The van der Waals surface area contributed by atoms with Gasteiger partial charge in [0, 0.05) is 25.9 Å². The van der Waals surface area contributed by atoms with Gasteiger partial charge in [-0.3, -0.25) is 4.98 Å². The first-order chi connectivity index (χ1) is 10.1. The second kappa shape index (κ2) is 5.36. The lowest BCUT2D eigenvalue weighted by molar-refractivity contribution is 0.0697. The smallest absolute Gasteiger partial charge is 0.335 e. The van der Waals surface area contributed by atoms with Crippen LogP contribution in [0.15, 0.2) is 42.7 Å². The van der Waals surface area contributed by atoms with E-state index in [4.69, 9.17) is 5.11 Å². The predicted molar refractivity (Wildman–Crippen MR) is 79.3 cm³/mol. The summed E-state index contributed by atoms with van der Waals surface area (Å²) in [4.78, 5) is 19.6. The van der Waals surface area contributed by atoms with Crippen LogP contribution >= 0.6 is 0 Å². The number of rotatable bonds is 4. The lowest BCUT2D eigenvalue weighted by Crippen LogP contribution is -2.00. The van der Waals surface area contributed by atoms with E-state index < -0.39 is 5.97 Å². The van der Waals surface area contributed by atoms with E-state index in [2.05, 4.69) is 9.97 Å². The van der Waals surface area contributed by atoms with Crippen molar-refractivity contribution in [3.8, 4) is 0 Å². The third-order valence-electron chi connectivity index (χ3n) is 3.61. The van der Waals surface area contributed by atoms with Crippen LogP contribution in [-0.2, 0) is 19.9 Å². The molecule has 3 aromatic rings. The lowest BCUT2D eigenvalue weighted by Gasteiger charge is -2.02. The van der Waals surface area contributed by atoms with Crippen LogP contribution in [0.25, 0.3) is 11.0 Å². The van der Waals surface area contributed by atoms with E-state index in [9.17, 15) is 4.79 Å². The molecule has 0 atom stereocenters. The van der Waals surface area contributed by atoms with Crippen LogP contribution in [0, 0.1) is 0 Å². The Hall–Kier alpha value is -2.69. The molecule has 21 heavy (non-hydrogen) atoms. The molecule has 0 bridgehead atoms. The molecule has 0 radical (unpaired) electrons. The Kier molecular flexibility index (Phi) is 3.39. The molecule has 0 spiro atoms. The number of imidazole rings is 1. The molecule has 0 aliphatic heterocycles. The number of carboxylic acids is 1. The Morgan fingerprint density at radius 3 is 2.67 bits per heavy atom. The number of carboxylic acid groups (broad SMARTS) is 1. The Bertz CT molecular complexity index is 794. The molecule has 2 aromatic heterocycles. The van der Waals surface area contributed by atoms with Crippen molar-refractivity contribution in [3.05, 3.63) is 59.7 Å². The Balaban J connectivity index is 1.89. The van der Waals surface area contributed by atoms with Crippen LogP contribution in [0.4, 0.5) is 0 Å². The largest absolute Gasteiger partial charge is 0.478 e. The van der Waals surface area contributed by atoms with Crippen molar-refractivity contribution in [3.63, 3.8) is 0 Å². The maximum atomic E-state index is 11.0. The third kappa shape index (κ3) is 2.63. The molecule has 0 saturated carbocycles. The second-order valence-corrected chi connectivity index (χ2v) is 4.95. The van der Waals surface area contributed by atoms with Gasteiger partial charge in [-0.2, -0.15) is 0 Å². The summed E-state index contributed by atoms with van der Waals surface area (Å²) in [6, 6.07) is 9.02. The van der Waals surface area contributed by atoms with Crippen molar-refractivity contribution in [2.24, 2.45) is 7.05 Å². The van der Waals surface area contributed by atoms with E-state index in [0.29, 0.717) is 0 Å². The summed E-state index contributed by atoms with van der Waals surface area (Å²) in [5.74, 6) is 0.0187. The van der Waals surface area contributed by atoms with Crippen LogP contribution in [0.5, 0.6) is 0 Å². The van der Waals surface area contributed by atoms with E-state index in [1.54, 1.807) is 24.5 Å². The average molecular weight is 281 g/mol. The predicted octanol–water partition coefficient (Wildman–Crippen LogP) is 2.45. The average Bonchev–Trinajstić information content (AvgIpc) is 2.82. The van der Waals surface area contributed by atoms with Crippen molar-refractivity contribution in [2.45, 2.75) is 12.8 Å². The Morgan fingerprint density at radius 1 is 1.19 bits per heavy atom. The molecule has 0 amide bonds. The standard InChI is InChI=1S/C16H15N3O2/c1-19-14-4-3-12(16(20)21)10-13(14)18-15(19)5-2-11-6-8-17-9-7-11/h3-4,6-10H,2,5H2,1H3,(H,20,21). The zero-order chi connectivity index (χ0) is 14.8. The molecule has 0 fully saturated rings. The quantitative estimate of drug-likeness (QED) is 0.797. The molecule has 1 N–H and O–H groups in total. The summed E-state index contributed by atoms with van der Waals surface area (Å²) < 4.78 is 2.02. The number of hydrogen-bond acceptors (Lipinski definition) is 3. The normalized spacial score (nSPS) is 10.9. The number of hydrogen-bond donors (Lipinski definition) is 1. The molecule has 5 nitrogen and oxygen atoms in total. The highest BCUT2D eigenvalue weighted by atomic mass is 16.4. The van der Waals surface area contributed by atoms with Gasteiger partial charge in [-0.1, -0.05) is 0 Å². The fourth-order valence-corrected chi connectivity index (χ4v) is 2.41. The fourth-order valence-electron chi connectivity index (χ4n) is 2.41. The zero-order valence-electron chi connectivity index (χ0n) is 11.7. The van der Waals surface area contributed by atoms with E-state index in [-0.39, 0.29) is 5.56 Å². The first-order valence-electron chi connectivity index (χ1n) is 6.72. The van der Waals surface area contributed by atoms with Gasteiger partial charge in [0.15, 0.2) is 0 Å². The molecule has 0 unspecified atom stereocenters. The molecule has 2 heterocycles. The summed E-state index contributed by atoms with van der Waals surface area (Å²) in [5.41, 5.74) is 3.15. The third-order valence-corrected chi connectivity index (χ3v) is 3.61. The molecule has 106 valence electrons.